The minimum Gasteiger partial charge on any atom is -0.352 e. The summed E-state index contributed by atoms with van der Waals surface area (Å²) in [6, 6.07) is 11.6. The quantitative estimate of drug-likeness (QED) is 0.396. The van der Waals surface area contributed by atoms with Crippen LogP contribution in [0.1, 0.15) is 30.8 Å². The summed E-state index contributed by atoms with van der Waals surface area (Å²) in [5.74, 6) is 0.00861. The van der Waals surface area contributed by atoms with Crippen molar-refractivity contribution in [2.75, 3.05) is 0 Å². The molecule has 0 spiro atoms. The first kappa shape index (κ1) is 23.3. The van der Waals surface area contributed by atoms with Gasteiger partial charge in [0.05, 0.1) is 21.3 Å². The summed E-state index contributed by atoms with van der Waals surface area (Å²) in [5, 5.41) is 14.2. The van der Waals surface area contributed by atoms with Crippen LogP contribution < -0.4 is 5.32 Å². The van der Waals surface area contributed by atoms with E-state index in [0.717, 1.165) is 5.56 Å². The fourth-order valence-corrected chi connectivity index (χ4v) is 3.42. The number of aromatic nitrogens is 3. The predicted octanol–water partition coefficient (Wildman–Crippen LogP) is 4.54. The molecule has 8 nitrogen and oxygen atoms in total. The van der Waals surface area contributed by atoms with Gasteiger partial charge in [-0.25, -0.2) is 9.97 Å². The molecule has 0 radical (unpaired) electrons. The molecule has 0 fully saturated rings. The first-order valence-electron chi connectivity index (χ1n) is 10.2. The van der Waals surface area contributed by atoms with E-state index in [1.807, 2.05) is 32.0 Å². The molecule has 1 N–H and O–H groups in total. The lowest BCUT2D eigenvalue weighted by atomic mass is 9.90. The van der Waals surface area contributed by atoms with Crippen LogP contribution in [0, 0.1) is 28.9 Å². The average Bonchev–Trinajstić information content (AvgIpc) is 2.78. The van der Waals surface area contributed by atoms with Crippen molar-refractivity contribution in [2.24, 2.45) is 11.8 Å². The average molecular weight is 454 g/mol. The molecule has 2 heterocycles. The normalized spacial score (nSPS) is 11.9. The van der Waals surface area contributed by atoms with Crippen LogP contribution in [0.25, 0.3) is 11.5 Å². The number of benzene rings is 1. The van der Waals surface area contributed by atoms with Gasteiger partial charge in [-0.3, -0.25) is 19.9 Å². The maximum Gasteiger partial charge on any atom is 0.269 e. The Morgan fingerprint density at radius 2 is 1.88 bits per heavy atom. The van der Waals surface area contributed by atoms with Crippen LogP contribution in [0.15, 0.2) is 48.7 Å². The van der Waals surface area contributed by atoms with Gasteiger partial charge in [0.1, 0.15) is 5.69 Å². The molecule has 3 aromatic rings. The SMILES string of the molecule is Cc1nc(-c2ccccn2)nc(CC(C(=O)NCc2ccc([N+](=O)[O-])cc2)C(C)C)c1Cl. The van der Waals surface area contributed by atoms with Crippen LogP contribution in [-0.2, 0) is 17.8 Å². The molecule has 0 bridgehead atoms. The number of amides is 1. The second-order valence-electron chi connectivity index (χ2n) is 7.80. The van der Waals surface area contributed by atoms with Gasteiger partial charge in [0.15, 0.2) is 5.82 Å². The lowest BCUT2D eigenvalue weighted by Crippen LogP contribution is -2.34. The minimum atomic E-state index is -0.455. The van der Waals surface area contributed by atoms with Gasteiger partial charge in [-0.1, -0.05) is 43.6 Å². The second kappa shape index (κ2) is 10.3. The fourth-order valence-electron chi connectivity index (χ4n) is 3.26. The van der Waals surface area contributed by atoms with Crippen molar-refractivity contribution in [3.63, 3.8) is 0 Å². The Balaban J connectivity index is 1.76. The molecule has 1 atom stereocenters. The number of nitro benzene ring substituents is 1. The Morgan fingerprint density at radius 3 is 2.47 bits per heavy atom. The number of hydrogen-bond donors (Lipinski definition) is 1. The fraction of sp³-hybridized carbons (Fsp3) is 0.304. The first-order chi connectivity index (χ1) is 15.3. The number of carbonyl (C=O) groups is 1. The number of rotatable bonds is 8. The van der Waals surface area contributed by atoms with Crippen molar-refractivity contribution in [3.05, 3.63) is 80.7 Å². The van der Waals surface area contributed by atoms with Crippen LogP contribution in [0.4, 0.5) is 5.69 Å². The largest absolute Gasteiger partial charge is 0.352 e. The van der Waals surface area contributed by atoms with Gasteiger partial charge in [-0.15, -0.1) is 0 Å². The number of nitrogens with zero attached hydrogens (tertiary/aromatic N) is 4. The zero-order chi connectivity index (χ0) is 23.3. The summed E-state index contributed by atoms with van der Waals surface area (Å²) >= 11 is 6.49. The standard InChI is InChI=1S/C23H24ClN5O3/c1-14(2)18(23(30)26-13-16-7-9-17(10-8-16)29(31)32)12-20-21(24)15(3)27-22(28-20)19-6-4-5-11-25-19/h4-11,14,18H,12-13H2,1-3H3,(H,26,30). The maximum atomic E-state index is 13.0. The van der Waals surface area contributed by atoms with Crippen LogP contribution in [0.5, 0.6) is 0 Å². The molecule has 166 valence electrons. The number of nitro groups is 1. The zero-order valence-electron chi connectivity index (χ0n) is 18.1. The molecular formula is C23H24ClN5O3. The third-order valence-electron chi connectivity index (χ3n) is 5.15. The molecule has 0 aliphatic heterocycles. The topological polar surface area (TPSA) is 111 Å². The number of halogens is 1. The number of nitrogens with one attached hydrogen (secondary N) is 1. The Hall–Kier alpha value is -3.39. The van der Waals surface area contributed by atoms with E-state index in [0.29, 0.717) is 34.3 Å². The Bertz CT molecular complexity index is 1100. The van der Waals surface area contributed by atoms with Crippen LogP contribution in [0.2, 0.25) is 5.02 Å². The van der Waals surface area contributed by atoms with Gasteiger partial charge in [-0.2, -0.15) is 0 Å². The molecule has 0 aliphatic carbocycles. The lowest BCUT2D eigenvalue weighted by Gasteiger charge is -2.21. The Kier molecular flexibility index (Phi) is 7.48. The van der Waals surface area contributed by atoms with Crippen molar-refractivity contribution in [1.29, 1.82) is 0 Å². The van der Waals surface area contributed by atoms with E-state index in [1.165, 1.54) is 12.1 Å². The predicted molar refractivity (Wildman–Crippen MR) is 122 cm³/mol. The molecule has 3 rings (SSSR count). The number of aryl methyl sites for hydroxylation is 1. The summed E-state index contributed by atoms with van der Waals surface area (Å²) in [4.78, 5) is 36.7. The van der Waals surface area contributed by atoms with Crippen molar-refractivity contribution in [3.8, 4) is 11.5 Å². The van der Waals surface area contributed by atoms with E-state index in [4.69, 9.17) is 11.6 Å². The number of hydrogen-bond acceptors (Lipinski definition) is 6. The molecule has 0 saturated carbocycles. The molecule has 2 aromatic heterocycles. The highest BCUT2D eigenvalue weighted by atomic mass is 35.5. The van der Waals surface area contributed by atoms with E-state index in [9.17, 15) is 14.9 Å². The Labute approximate surface area is 191 Å². The van der Waals surface area contributed by atoms with Gasteiger partial charge < -0.3 is 5.32 Å². The van der Waals surface area contributed by atoms with Crippen molar-refractivity contribution in [2.45, 2.75) is 33.7 Å². The minimum absolute atomic E-state index is 0.0117. The molecule has 0 aliphatic rings. The zero-order valence-corrected chi connectivity index (χ0v) is 18.8. The smallest absolute Gasteiger partial charge is 0.269 e. The van der Waals surface area contributed by atoms with Crippen molar-refractivity contribution >= 4 is 23.2 Å². The van der Waals surface area contributed by atoms with Gasteiger partial charge in [0.2, 0.25) is 5.91 Å². The molecule has 1 aromatic carbocycles. The Morgan fingerprint density at radius 1 is 1.16 bits per heavy atom. The summed E-state index contributed by atoms with van der Waals surface area (Å²) in [6.45, 7) is 6.02. The highest BCUT2D eigenvalue weighted by Crippen LogP contribution is 2.26. The number of non-ortho nitro benzene ring substituents is 1. The van der Waals surface area contributed by atoms with Gasteiger partial charge in [0.25, 0.3) is 5.69 Å². The molecular weight excluding hydrogens is 430 g/mol. The second-order valence-corrected chi connectivity index (χ2v) is 8.18. The summed E-state index contributed by atoms with van der Waals surface area (Å²) in [6.07, 6.45) is 2.02. The molecule has 9 heteroatoms. The van der Waals surface area contributed by atoms with Gasteiger partial charge in [0, 0.05) is 37.2 Å². The van der Waals surface area contributed by atoms with Gasteiger partial charge >= 0.3 is 0 Å². The van der Waals surface area contributed by atoms with E-state index >= 15 is 0 Å². The first-order valence-corrected chi connectivity index (χ1v) is 10.6. The van der Waals surface area contributed by atoms with Gasteiger partial charge in [-0.05, 0) is 30.5 Å². The highest BCUT2D eigenvalue weighted by Gasteiger charge is 2.25. The monoisotopic (exact) mass is 453 g/mol. The molecule has 32 heavy (non-hydrogen) atoms. The van der Waals surface area contributed by atoms with E-state index in [2.05, 4.69) is 20.3 Å². The highest BCUT2D eigenvalue weighted by molar-refractivity contribution is 6.31. The van der Waals surface area contributed by atoms with E-state index < -0.39 is 4.92 Å². The van der Waals surface area contributed by atoms with Crippen molar-refractivity contribution < 1.29 is 9.72 Å². The third kappa shape index (κ3) is 5.64. The molecule has 1 unspecified atom stereocenters. The summed E-state index contributed by atoms with van der Waals surface area (Å²) in [7, 11) is 0. The van der Waals surface area contributed by atoms with E-state index in [-0.39, 0.29) is 30.0 Å². The lowest BCUT2D eigenvalue weighted by molar-refractivity contribution is -0.384. The summed E-state index contributed by atoms with van der Waals surface area (Å²) < 4.78 is 0. The summed E-state index contributed by atoms with van der Waals surface area (Å²) in [5.41, 5.74) is 2.66. The number of carbonyl (C=O) groups excluding carboxylic acids is 1. The number of pyridine rings is 1. The maximum absolute atomic E-state index is 13.0. The molecule has 1 amide bonds. The van der Waals surface area contributed by atoms with Crippen molar-refractivity contribution in [1.82, 2.24) is 20.3 Å². The van der Waals surface area contributed by atoms with Crippen LogP contribution in [0.3, 0.4) is 0 Å². The molecule has 0 saturated heterocycles. The van der Waals surface area contributed by atoms with Crippen LogP contribution >= 0.6 is 11.6 Å². The third-order valence-corrected chi connectivity index (χ3v) is 5.64. The van der Waals surface area contributed by atoms with Crippen LogP contribution in [-0.4, -0.2) is 25.8 Å². The van der Waals surface area contributed by atoms with E-state index in [1.54, 1.807) is 25.3 Å².